The van der Waals surface area contributed by atoms with Gasteiger partial charge in [-0.1, -0.05) is 22.0 Å². The van der Waals surface area contributed by atoms with Crippen LogP contribution in [-0.4, -0.2) is 18.6 Å². The molecule has 0 aliphatic heterocycles. The Morgan fingerprint density at radius 2 is 2.19 bits per heavy atom. The maximum Gasteiger partial charge on any atom is 0.261 e. The fraction of sp³-hybridized carbons (Fsp3) is 0.250. The number of rotatable bonds is 5. The van der Waals surface area contributed by atoms with E-state index in [2.05, 4.69) is 27.8 Å². The number of amides is 1. The average Bonchev–Trinajstić information content (AvgIpc) is 2.29. The first-order valence-electron chi connectivity index (χ1n) is 4.94. The van der Waals surface area contributed by atoms with Gasteiger partial charge in [-0.25, -0.2) is 0 Å². The highest BCUT2D eigenvalue weighted by Gasteiger charge is 2.13. The Kier molecular flexibility index (Phi) is 5.05. The summed E-state index contributed by atoms with van der Waals surface area (Å²) in [6.45, 7) is 5.68. The second-order valence-electron chi connectivity index (χ2n) is 3.25. The van der Waals surface area contributed by atoms with E-state index in [4.69, 9.17) is 4.74 Å². The average molecular weight is 284 g/mol. The molecule has 0 saturated carbocycles. The molecule has 0 saturated heterocycles. The summed E-state index contributed by atoms with van der Waals surface area (Å²) in [5.41, 5.74) is 0. The fourth-order valence-corrected chi connectivity index (χ4v) is 1.35. The molecule has 0 unspecified atom stereocenters. The molecule has 0 spiro atoms. The van der Waals surface area contributed by atoms with Crippen molar-refractivity contribution in [2.75, 3.05) is 6.54 Å². The maximum atomic E-state index is 11.5. The molecular formula is C12H14BrNO2. The van der Waals surface area contributed by atoms with Crippen molar-refractivity contribution < 1.29 is 9.53 Å². The number of benzene rings is 1. The second-order valence-corrected chi connectivity index (χ2v) is 4.16. The van der Waals surface area contributed by atoms with Gasteiger partial charge in [-0.2, -0.15) is 0 Å². The zero-order valence-electron chi connectivity index (χ0n) is 9.07. The summed E-state index contributed by atoms with van der Waals surface area (Å²) in [5.74, 6) is 0.521. The van der Waals surface area contributed by atoms with Crippen LogP contribution in [0.1, 0.15) is 6.92 Å². The number of carbonyl (C=O) groups excluding carboxylic acids is 1. The van der Waals surface area contributed by atoms with Crippen LogP contribution in [0.3, 0.4) is 0 Å². The van der Waals surface area contributed by atoms with Crippen LogP contribution in [0.2, 0.25) is 0 Å². The van der Waals surface area contributed by atoms with Gasteiger partial charge in [0.2, 0.25) is 0 Å². The van der Waals surface area contributed by atoms with Crippen LogP contribution in [0.4, 0.5) is 0 Å². The van der Waals surface area contributed by atoms with Gasteiger partial charge >= 0.3 is 0 Å². The van der Waals surface area contributed by atoms with E-state index in [9.17, 15) is 4.79 Å². The molecule has 16 heavy (non-hydrogen) atoms. The van der Waals surface area contributed by atoms with Crippen LogP contribution < -0.4 is 10.1 Å². The molecule has 1 N–H and O–H groups in total. The lowest BCUT2D eigenvalue weighted by molar-refractivity contribution is -0.127. The molecule has 0 aliphatic rings. The third kappa shape index (κ3) is 4.06. The molecule has 4 heteroatoms. The summed E-state index contributed by atoms with van der Waals surface area (Å²) in [5, 5.41) is 2.67. The molecule has 1 rings (SSSR count). The highest BCUT2D eigenvalue weighted by atomic mass is 79.9. The summed E-state index contributed by atoms with van der Waals surface area (Å²) >= 11 is 3.33. The SMILES string of the molecule is C=CCNC(=O)[C@@H](C)Oc1ccc(Br)cc1. The molecule has 1 amide bonds. The third-order valence-electron chi connectivity index (χ3n) is 1.92. The molecular weight excluding hydrogens is 270 g/mol. The third-order valence-corrected chi connectivity index (χ3v) is 2.45. The predicted octanol–water partition coefficient (Wildman–Crippen LogP) is 2.52. The van der Waals surface area contributed by atoms with Crippen LogP contribution in [-0.2, 0) is 4.79 Å². The fourth-order valence-electron chi connectivity index (χ4n) is 1.09. The van der Waals surface area contributed by atoms with E-state index in [0.29, 0.717) is 12.3 Å². The minimum Gasteiger partial charge on any atom is -0.481 e. The van der Waals surface area contributed by atoms with Crippen molar-refractivity contribution in [3.05, 3.63) is 41.4 Å². The van der Waals surface area contributed by atoms with Crippen molar-refractivity contribution in [3.8, 4) is 5.75 Å². The van der Waals surface area contributed by atoms with E-state index in [0.717, 1.165) is 4.47 Å². The molecule has 0 heterocycles. The van der Waals surface area contributed by atoms with E-state index in [-0.39, 0.29) is 5.91 Å². The van der Waals surface area contributed by atoms with Crippen LogP contribution >= 0.6 is 15.9 Å². The minimum absolute atomic E-state index is 0.150. The van der Waals surface area contributed by atoms with Crippen molar-refractivity contribution >= 4 is 21.8 Å². The number of carbonyl (C=O) groups is 1. The van der Waals surface area contributed by atoms with Gasteiger partial charge in [0, 0.05) is 11.0 Å². The number of nitrogens with one attached hydrogen (secondary N) is 1. The van der Waals surface area contributed by atoms with E-state index in [1.165, 1.54) is 0 Å². The monoisotopic (exact) mass is 283 g/mol. The van der Waals surface area contributed by atoms with Gasteiger partial charge in [0.1, 0.15) is 5.75 Å². The lowest BCUT2D eigenvalue weighted by Crippen LogP contribution is -2.36. The van der Waals surface area contributed by atoms with Crippen LogP contribution in [0.15, 0.2) is 41.4 Å². The first kappa shape index (κ1) is 12.8. The molecule has 86 valence electrons. The lowest BCUT2D eigenvalue weighted by atomic mass is 10.3. The standard InChI is InChI=1S/C12H14BrNO2/c1-3-8-14-12(15)9(2)16-11-6-4-10(13)5-7-11/h3-7,9H,1,8H2,2H3,(H,14,15)/t9-/m1/s1. The Morgan fingerprint density at radius 3 is 2.75 bits per heavy atom. The van der Waals surface area contributed by atoms with E-state index < -0.39 is 6.10 Å². The van der Waals surface area contributed by atoms with Gasteiger partial charge in [0.05, 0.1) is 0 Å². The van der Waals surface area contributed by atoms with Gasteiger partial charge in [-0.15, -0.1) is 6.58 Å². The lowest BCUT2D eigenvalue weighted by Gasteiger charge is -2.13. The Labute approximate surface area is 104 Å². The van der Waals surface area contributed by atoms with Crippen molar-refractivity contribution in [3.63, 3.8) is 0 Å². The molecule has 1 aromatic rings. The smallest absolute Gasteiger partial charge is 0.261 e. The van der Waals surface area contributed by atoms with Crippen LogP contribution in [0.5, 0.6) is 5.75 Å². The summed E-state index contributed by atoms with van der Waals surface area (Å²) in [7, 11) is 0. The van der Waals surface area contributed by atoms with Crippen molar-refractivity contribution in [2.24, 2.45) is 0 Å². The topological polar surface area (TPSA) is 38.3 Å². The van der Waals surface area contributed by atoms with Crippen LogP contribution in [0.25, 0.3) is 0 Å². The molecule has 0 bridgehead atoms. The van der Waals surface area contributed by atoms with Gasteiger partial charge in [-0.3, -0.25) is 4.79 Å². The Balaban J connectivity index is 2.50. The predicted molar refractivity (Wildman–Crippen MR) is 67.4 cm³/mol. The molecule has 3 nitrogen and oxygen atoms in total. The zero-order valence-corrected chi connectivity index (χ0v) is 10.7. The first-order valence-corrected chi connectivity index (χ1v) is 5.73. The molecule has 0 aliphatic carbocycles. The number of ether oxygens (including phenoxy) is 1. The molecule has 1 aromatic carbocycles. The van der Waals surface area contributed by atoms with Gasteiger partial charge in [0.15, 0.2) is 6.10 Å². The molecule has 0 radical (unpaired) electrons. The van der Waals surface area contributed by atoms with Crippen molar-refractivity contribution in [2.45, 2.75) is 13.0 Å². The minimum atomic E-state index is -0.513. The molecule has 1 atom stereocenters. The number of hydrogen-bond donors (Lipinski definition) is 1. The summed E-state index contributed by atoms with van der Waals surface area (Å²) in [4.78, 5) is 11.5. The van der Waals surface area contributed by atoms with Gasteiger partial charge < -0.3 is 10.1 Å². The summed E-state index contributed by atoms with van der Waals surface area (Å²) in [6.07, 6.45) is 1.12. The Hall–Kier alpha value is -1.29. The highest BCUT2D eigenvalue weighted by Crippen LogP contribution is 2.17. The highest BCUT2D eigenvalue weighted by molar-refractivity contribution is 9.10. The molecule has 0 aromatic heterocycles. The number of hydrogen-bond acceptors (Lipinski definition) is 2. The normalized spacial score (nSPS) is 11.6. The number of halogens is 1. The van der Waals surface area contributed by atoms with Crippen LogP contribution in [0, 0.1) is 0 Å². The van der Waals surface area contributed by atoms with Crippen molar-refractivity contribution in [1.82, 2.24) is 5.32 Å². The zero-order chi connectivity index (χ0) is 12.0. The second kappa shape index (κ2) is 6.33. The van der Waals surface area contributed by atoms with Crippen molar-refractivity contribution in [1.29, 1.82) is 0 Å². The van der Waals surface area contributed by atoms with E-state index >= 15 is 0 Å². The van der Waals surface area contributed by atoms with E-state index in [1.807, 2.05) is 12.1 Å². The summed E-state index contributed by atoms with van der Waals surface area (Å²) in [6, 6.07) is 7.34. The van der Waals surface area contributed by atoms with E-state index in [1.54, 1.807) is 25.1 Å². The molecule has 0 fully saturated rings. The Bertz CT molecular complexity index is 362. The van der Waals surface area contributed by atoms with Gasteiger partial charge in [0.25, 0.3) is 5.91 Å². The largest absolute Gasteiger partial charge is 0.481 e. The quantitative estimate of drug-likeness (QED) is 0.844. The summed E-state index contributed by atoms with van der Waals surface area (Å²) < 4.78 is 6.44. The Morgan fingerprint density at radius 1 is 1.56 bits per heavy atom. The first-order chi connectivity index (χ1) is 7.63. The van der Waals surface area contributed by atoms with Gasteiger partial charge in [-0.05, 0) is 31.2 Å². The maximum absolute atomic E-state index is 11.5.